The summed E-state index contributed by atoms with van der Waals surface area (Å²) in [5.41, 5.74) is 8.35. The van der Waals surface area contributed by atoms with E-state index in [1.54, 1.807) is 0 Å². The van der Waals surface area contributed by atoms with E-state index >= 15 is 0 Å². The van der Waals surface area contributed by atoms with Crippen molar-refractivity contribution in [3.63, 3.8) is 0 Å². The van der Waals surface area contributed by atoms with E-state index in [4.69, 9.17) is 5.11 Å². The molecule has 0 unspecified atom stereocenters. The molecule has 0 aliphatic rings. The average molecular weight is 158 g/mol. The first-order valence-corrected chi connectivity index (χ1v) is 2.49. The van der Waals surface area contributed by atoms with Gasteiger partial charge in [-0.1, -0.05) is 0 Å². The van der Waals surface area contributed by atoms with Crippen molar-refractivity contribution in [2.24, 2.45) is 11.5 Å². The number of hydrogen-bond acceptors (Lipinski definition) is 3. The maximum absolute atomic E-state index is 10.2. The van der Waals surface area contributed by atoms with Gasteiger partial charge in [0.1, 0.15) is 5.57 Å². The number of hydrogen-bond donors (Lipinski definition) is 3. The van der Waals surface area contributed by atoms with Crippen molar-refractivity contribution in [1.29, 1.82) is 0 Å². The molecule has 0 rings (SSSR count). The van der Waals surface area contributed by atoms with Crippen molar-refractivity contribution in [3.8, 4) is 0 Å². The summed E-state index contributed by atoms with van der Waals surface area (Å²) in [6.07, 6.45) is 0.463. The van der Waals surface area contributed by atoms with E-state index in [0.29, 0.717) is 6.08 Å². The van der Waals surface area contributed by atoms with Gasteiger partial charge in [-0.15, -0.1) is 0 Å². The SMILES string of the molecule is NC(=O)/C=C(/C(N)=O)C(=O)O. The molecule has 11 heavy (non-hydrogen) atoms. The summed E-state index contributed by atoms with van der Waals surface area (Å²) in [4.78, 5) is 30.4. The van der Waals surface area contributed by atoms with Gasteiger partial charge in [-0.3, -0.25) is 9.59 Å². The lowest BCUT2D eigenvalue weighted by atomic mass is 10.2. The quantitative estimate of drug-likeness (QED) is 0.249. The molecule has 6 nitrogen and oxygen atoms in total. The molecule has 0 fully saturated rings. The molecule has 0 bridgehead atoms. The minimum atomic E-state index is -1.57. The Kier molecular flexibility index (Phi) is 2.79. The van der Waals surface area contributed by atoms with Crippen LogP contribution in [0.15, 0.2) is 11.6 Å². The van der Waals surface area contributed by atoms with Crippen LogP contribution in [0.5, 0.6) is 0 Å². The number of carbonyl (C=O) groups is 3. The number of rotatable bonds is 3. The predicted octanol–water partition coefficient (Wildman–Crippen LogP) is -2.03. The molecule has 0 aliphatic carbocycles. The summed E-state index contributed by atoms with van der Waals surface area (Å²) in [5.74, 6) is -3.80. The van der Waals surface area contributed by atoms with Crippen molar-refractivity contribution >= 4 is 17.8 Å². The first-order valence-electron chi connectivity index (χ1n) is 2.49. The van der Waals surface area contributed by atoms with Crippen LogP contribution in [0.1, 0.15) is 0 Å². The third kappa shape index (κ3) is 2.99. The minimum absolute atomic E-state index is 0.463. The highest BCUT2D eigenvalue weighted by molar-refractivity contribution is 6.18. The second-order valence-electron chi connectivity index (χ2n) is 1.63. The van der Waals surface area contributed by atoms with Crippen LogP contribution in [0, 0.1) is 0 Å². The topological polar surface area (TPSA) is 123 Å². The number of aliphatic carboxylic acids is 1. The smallest absolute Gasteiger partial charge is 0.341 e. The zero-order valence-corrected chi connectivity index (χ0v) is 5.40. The molecule has 0 atom stereocenters. The molecule has 0 saturated carbocycles. The Morgan fingerprint density at radius 1 is 1.18 bits per heavy atom. The normalized spacial score (nSPS) is 10.7. The highest BCUT2D eigenvalue weighted by Gasteiger charge is 2.14. The molecule has 0 heterocycles. The molecule has 5 N–H and O–H groups in total. The summed E-state index contributed by atoms with van der Waals surface area (Å²) >= 11 is 0. The molecule has 60 valence electrons. The highest BCUT2D eigenvalue weighted by Crippen LogP contribution is 1.91. The van der Waals surface area contributed by atoms with Crippen LogP contribution in [0.2, 0.25) is 0 Å². The molecule has 0 spiro atoms. The maximum Gasteiger partial charge on any atom is 0.341 e. The number of primary amides is 2. The number of carboxylic acid groups (broad SMARTS) is 1. The van der Waals surface area contributed by atoms with Gasteiger partial charge in [0.05, 0.1) is 0 Å². The van der Waals surface area contributed by atoms with Crippen molar-refractivity contribution < 1.29 is 19.5 Å². The van der Waals surface area contributed by atoms with Gasteiger partial charge in [-0.05, 0) is 0 Å². The second kappa shape index (κ2) is 3.35. The van der Waals surface area contributed by atoms with Gasteiger partial charge in [0, 0.05) is 6.08 Å². The first-order chi connectivity index (χ1) is 4.95. The van der Waals surface area contributed by atoms with Crippen LogP contribution in [0.4, 0.5) is 0 Å². The maximum atomic E-state index is 10.2. The van der Waals surface area contributed by atoms with E-state index in [9.17, 15) is 14.4 Å². The Morgan fingerprint density at radius 2 is 1.64 bits per heavy atom. The van der Waals surface area contributed by atoms with Crippen LogP contribution in [-0.4, -0.2) is 22.9 Å². The minimum Gasteiger partial charge on any atom is -0.477 e. The number of nitrogens with two attached hydrogens (primary N) is 2. The third-order valence-corrected chi connectivity index (χ3v) is 0.782. The lowest BCUT2D eigenvalue weighted by Gasteiger charge is -1.92. The van der Waals surface area contributed by atoms with E-state index in [-0.39, 0.29) is 0 Å². The Hall–Kier alpha value is -1.85. The molecular formula is C5H6N2O4. The Morgan fingerprint density at radius 3 is 1.73 bits per heavy atom. The lowest BCUT2D eigenvalue weighted by Crippen LogP contribution is -2.23. The van der Waals surface area contributed by atoms with E-state index in [1.165, 1.54) is 0 Å². The van der Waals surface area contributed by atoms with Gasteiger partial charge in [0.2, 0.25) is 5.91 Å². The van der Waals surface area contributed by atoms with E-state index in [2.05, 4.69) is 11.5 Å². The summed E-state index contributed by atoms with van der Waals surface area (Å²) < 4.78 is 0. The first kappa shape index (κ1) is 9.15. The van der Waals surface area contributed by atoms with Crippen LogP contribution in [-0.2, 0) is 14.4 Å². The monoisotopic (exact) mass is 158 g/mol. The zero-order valence-electron chi connectivity index (χ0n) is 5.40. The fraction of sp³-hybridized carbons (Fsp3) is 0. The molecule has 0 radical (unpaired) electrons. The Labute approximate surface area is 61.5 Å². The second-order valence-corrected chi connectivity index (χ2v) is 1.63. The van der Waals surface area contributed by atoms with E-state index in [1.807, 2.05) is 0 Å². The molecule has 0 aromatic rings. The molecule has 0 aromatic heterocycles. The Bertz CT molecular complexity index is 227. The molecule has 0 aliphatic heterocycles. The predicted molar refractivity (Wildman–Crippen MR) is 34.1 cm³/mol. The average Bonchev–Trinajstić information content (AvgIpc) is 1.81. The molecular weight excluding hydrogens is 152 g/mol. The van der Waals surface area contributed by atoms with E-state index < -0.39 is 23.4 Å². The van der Waals surface area contributed by atoms with Crippen LogP contribution in [0.25, 0.3) is 0 Å². The number of carbonyl (C=O) groups excluding carboxylic acids is 2. The van der Waals surface area contributed by atoms with Crippen molar-refractivity contribution in [2.45, 2.75) is 0 Å². The largest absolute Gasteiger partial charge is 0.477 e. The lowest BCUT2D eigenvalue weighted by molar-refractivity contribution is -0.134. The number of amides is 2. The van der Waals surface area contributed by atoms with Crippen molar-refractivity contribution in [2.75, 3.05) is 0 Å². The van der Waals surface area contributed by atoms with Crippen molar-refractivity contribution in [1.82, 2.24) is 0 Å². The van der Waals surface area contributed by atoms with Crippen molar-refractivity contribution in [3.05, 3.63) is 11.6 Å². The van der Waals surface area contributed by atoms with Crippen LogP contribution in [0.3, 0.4) is 0 Å². The van der Waals surface area contributed by atoms with Crippen LogP contribution < -0.4 is 11.5 Å². The van der Waals surface area contributed by atoms with Gasteiger partial charge in [0.15, 0.2) is 0 Å². The number of carboxylic acids is 1. The van der Waals surface area contributed by atoms with Gasteiger partial charge in [-0.2, -0.15) is 0 Å². The molecule has 0 saturated heterocycles. The summed E-state index contributed by atoms with van der Waals surface area (Å²) in [7, 11) is 0. The van der Waals surface area contributed by atoms with Gasteiger partial charge in [-0.25, -0.2) is 4.79 Å². The molecule has 6 heteroatoms. The summed E-state index contributed by atoms with van der Waals surface area (Å²) in [6.45, 7) is 0. The molecule has 2 amide bonds. The summed E-state index contributed by atoms with van der Waals surface area (Å²) in [5, 5.41) is 8.22. The summed E-state index contributed by atoms with van der Waals surface area (Å²) in [6, 6.07) is 0. The zero-order chi connectivity index (χ0) is 9.02. The van der Waals surface area contributed by atoms with E-state index in [0.717, 1.165) is 0 Å². The van der Waals surface area contributed by atoms with Gasteiger partial charge >= 0.3 is 5.97 Å². The fourth-order valence-electron chi connectivity index (χ4n) is 0.381. The highest BCUT2D eigenvalue weighted by atomic mass is 16.4. The standard InChI is InChI=1S/C5H6N2O4/c6-3(8)1-2(4(7)9)5(10)11/h1H,(H2,6,8)(H2,7,9)(H,10,11)/b2-1-. The Balaban J connectivity index is 4.75. The third-order valence-electron chi connectivity index (χ3n) is 0.782. The van der Waals surface area contributed by atoms with Crippen LogP contribution >= 0.6 is 0 Å². The fourth-order valence-corrected chi connectivity index (χ4v) is 0.381. The van der Waals surface area contributed by atoms with Gasteiger partial charge in [0.25, 0.3) is 5.91 Å². The van der Waals surface area contributed by atoms with Gasteiger partial charge < -0.3 is 16.6 Å². The molecule has 0 aromatic carbocycles.